The molecule has 0 aromatic carbocycles. The molecule has 0 aromatic heterocycles. The smallest absolute Gasteiger partial charge is 0.172 e. The van der Waals surface area contributed by atoms with Crippen molar-refractivity contribution in [2.24, 2.45) is 0 Å². The molecule has 41 valence electrons. The summed E-state index contributed by atoms with van der Waals surface area (Å²) in [7, 11) is 0. The Balaban J connectivity index is 2.06. The molecule has 0 unspecified atom stereocenters. The minimum absolute atomic E-state index is 0.127. The molecule has 7 heavy (non-hydrogen) atoms. The molecule has 1 aliphatic rings. The van der Waals surface area contributed by atoms with E-state index < -0.39 is 0 Å². The first-order valence-electron chi connectivity index (χ1n) is 2.55. The second-order valence-corrected chi connectivity index (χ2v) is 1.82. The van der Waals surface area contributed by atoms with Crippen LogP contribution >= 0.6 is 0 Å². The highest BCUT2D eigenvalue weighted by atomic mass is 19.1. The van der Waals surface area contributed by atoms with Crippen LogP contribution < -0.4 is 0 Å². The fourth-order valence-corrected chi connectivity index (χ4v) is 0.663. The lowest BCUT2D eigenvalue weighted by Gasteiger charge is -2.31. The Morgan fingerprint density at radius 2 is 2.29 bits per heavy atom. The lowest BCUT2D eigenvalue weighted by molar-refractivity contribution is 0.151. The third-order valence-electron chi connectivity index (χ3n) is 1.24. The summed E-state index contributed by atoms with van der Waals surface area (Å²) in [5.41, 5.74) is 0. The van der Waals surface area contributed by atoms with Gasteiger partial charge in [-0.25, -0.2) is 4.39 Å². The van der Waals surface area contributed by atoms with E-state index in [2.05, 4.69) is 0 Å². The summed E-state index contributed by atoms with van der Waals surface area (Å²) in [6.07, 6.45) is 0.127. The lowest BCUT2D eigenvalue weighted by Crippen LogP contribution is -2.42. The van der Waals surface area contributed by atoms with Gasteiger partial charge in [0, 0.05) is 13.1 Å². The summed E-state index contributed by atoms with van der Waals surface area (Å²) in [5, 5.41) is 0. The van der Waals surface area contributed by atoms with Crippen LogP contribution in [0.5, 0.6) is 0 Å². The Bertz CT molecular complexity index is 59.1. The van der Waals surface area contributed by atoms with E-state index in [1.165, 1.54) is 0 Å². The number of likely N-dealkylation sites (tertiary alicyclic amines) is 1. The van der Waals surface area contributed by atoms with Gasteiger partial charge in [0.1, 0.15) is 0 Å². The van der Waals surface area contributed by atoms with Gasteiger partial charge in [-0.3, -0.25) is 4.90 Å². The molecular formula is C5H9FN. The molecule has 1 aliphatic heterocycles. The Morgan fingerprint density at radius 3 is 2.43 bits per heavy atom. The summed E-state index contributed by atoms with van der Waals surface area (Å²) < 4.78 is 11.8. The predicted molar refractivity (Wildman–Crippen MR) is 26.5 cm³/mol. The molecule has 0 aliphatic carbocycles. The average molecular weight is 102 g/mol. The maximum Gasteiger partial charge on any atom is 0.172 e. The summed E-state index contributed by atoms with van der Waals surface area (Å²) >= 11 is 0. The molecule has 1 saturated heterocycles. The molecule has 0 aromatic rings. The normalized spacial score (nSPS) is 24.9. The van der Waals surface area contributed by atoms with Gasteiger partial charge in [0.25, 0.3) is 0 Å². The number of hydrogen-bond acceptors (Lipinski definition) is 1. The summed E-state index contributed by atoms with van der Waals surface area (Å²) in [4.78, 5) is 2.04. The minimum atomic E-state index is 0.127. The highest BCUT2D eigenvalue weighted by Crippen LogP contribution is 2.16. The molecule has 1 fully saturated rings. The van der Waals surface area contributed by atoms with Gasteiger partial charge in [-0.2, -0.15) is 0 Å². The van der Waals surface area contributed by atoms with Crippen molar-refractivity contribution in [3.05, 3.63) is 6.17 Å². The van der Waals surface area contributed by atoms with Crippen molar-refractivity contribution >= 4 is 0 Å². The van der Waals surface area contributed by atoms with Crippen molar-refractivity contribution < 1.29 is 4.39 Å². The summed E-state index contributed by atoms with van der Waals surface area (Å²) in [6.45, 7) is 4.17. The second-order valence-electron chi connectivity index (χ2n) is 1.82. The van der Waals surface area contributed by atoms with Gasteiger partial charge < -0.3 is 0 Å². The van der Waals surface area contributed by atoms with E-state index in [9.17, 15) is 4.39 Å². The Morgan fingerprint density at radius 1 is 1.71 bits per heavy atom. The van der Waals surface area contributed by atoms with Crippen LogP contribution in [0.3, 0.4) is 0 Å². The fraction of sp³-hybridized carbons (Fsp3) is 0.800. The first kappa shape index (κ1) is 5.04. The van der Waals surface area contributed by atoms with Gasteiger partial charge in [-0.05, 0) is 6.54 Å². The largest absolute Gasteiger partial charge is 0.297 e. The molecule has 0 amide bonds. The molecule has 0 bridgehead atoms. The van der Waals surface area contributed by atoms with Gasteiger partial charge in [0.2, 0.25) is 0 Å². The van der Waals surface area contributed by atoms with Crippen molar-refractivity contribution in [1.29, 1.82) is 0 Å². The van der Waals surface area contributed by atoms with Crippen LogP contribution in [0.1, 0.15) is 6.92 Å². The Hall–Kier alpha value is -0.110. The van der Waals surface area contributed by atoms with E-state index in [4.69, 9.17) is 0 Å². The molecule has 1 nitrogen and oxygen atoms in total. The fourth-order valence-electron chi connectivity index (χ4n) is 0.663. The van der Waals surface area contributed by atoms with E-state index in [0.29, 0.717) is 13.1 Å². The lowest BCUT2D eigenvalue weighted by atomic mass is 10.2. The molecule has 1 radical (unpaired) electrons. The van der Waals surface area contributed by atoms with E-state index in [1.54, 1.807) is 0 Å². The van der Waals surface area contributed by atoms with Crippen LogP contribution in [-0.4, -0.2) is 24.5 Å². The number of hydrogen-bond donors (Lipinski definition) is 0. The number of nitrogens with zero attached hydrogens (tertiary/aromatic N) is 1. The molecule has 0 atom stereocenters. The Kier molecular flexibility index (Phi) is 1.28. The van der Waals surface area contributed by atoms with E-state index in [-0.39, 0.29) is 6.17 Å². The van der Waals surface area contributed by atoms with Gasteiger partial charge in [-0.15, -0.1) is 0 Å². The monoisotopic (exact) mass is 102 g/mol. The van der Waals surface area contributed by atoms with Crippen molar-refractivity contribution in [3.63, 3.8) is 0 Å². The van der Waals surface area contributed by atoms with Crippen LogP contribution in [0.25, 0.3) is 0 Å². The maximum absolute atomic E-state index is 11.8. The zero-order chi connectivity index (χ0) is 5.28. The van der Waals surface area contributed by atoms with Crippen molar-refractivity contribution in [2.45, 2.75) is 6.92 Å². The van der Waals surface area contributed by atoms with Crippen LogP contribution in [-0.2, 0) is 0 Å². The average Bonchev–Trinajstić information content (AvgIpc) is 1.58. The summed E-state index contributed by atoms with van der Waals surface area (Å²) in [5.74, 6) is 0. The van der Waals surface area contributed by atoms with E-state index in [0.717, 1.165) is 6.54 Å². The minimum Gasteiger partial charge on any atom is -0.297 e. The highest BCUT2D eigenvalue weighted by Gasteiger charge is 2.25. The van der Waals surface area contributed by atoms with Crippen LogP contribution in [0.2, 0.25) is 0 Å². The molecule has 0 N–H and O–H groups in total. The molecule has 0 saturated carbocycles. The first-order valence-corrected chi connectivity index (χ1v) is 2.55. The Labute approximate surface area is 43.1 Å². The molecule has 1 rings (SSSR count). The van der Waals surface area contributed by atoms with Crippen molar-refractivity contribution in [1.82, 2.24) is 4.90 Å². The second kappa shape index (κ2) is 1.78. The predicted octanol–water partition coefficient (Wildman–Crippen LogP) is 0.823. The van der Waals surface area contributed by atoms with Gasteiger partial charge in [0.05, 0.1) is 0 Å². The van der Waals surface area contributed by atoms with Gasteiger partial charge in [-0.1, -0.05) is 6.92 Å². The number of rotatable bonds is 1. The van der Waals surface area contributed by atoms with Crippen molar-refractivity contribution in [2.75, 3.05) is 19.6 Å². The molecule has 0 spiro atoms. The topological polar surface area (TPSA) is 3.24 Å². The number of halogens is 1. The van der Waals surface area contributed by atoms with Crippen LogP contribution in [0.4, 0.5) is 4.39 Å². The molecular weight excluding hydrogens is 93.1 g/mol. The zero-order valence-electron chi connectivity index (χ0n) is 4.45. The SMILES string of the molecule is CCN1C[C](F)C1. The van der Waals surface area contributed by atoms with Crippen LogP contribution in [0.15, 0.2) is 0 Å². The molecule has 2 heteroatoms. The maximum atomic E-state index is 11.8. The third-order valence-corrected chi connectivity index (χ3v) is 1.24. The van der Waals surface area contributed by atoms with Crippen LogP contribution in [0, 0.1) is 6.17 Å². The highest BCUT2D eigenvalue weighted by molar-refractivity contribution is 4.94. The zero-order valence-corrected chi connectivity index (χ0v) is 4.45. The summed E-state index contributed by atoms with van der Waals surface area (Å²) in [6, 6.07) is 0. The van der Waals surface area contributed by atoms with E-state index in [1.807, 2.05) is 11.8 Å². The van der Waals surface area contributed by atoms with Gasteiger partial charge in [0.15, 0.2) is 6.17 Å². The quantitative estimate of drug-likeness (QED) is 0.474. The van der Waals surface area contributed by atoms with Crippen molar-refractivity contribution in [3.8, 4) is 0 Å². The molecule has 1 heterocycles. The standard InChI is InChI=1S/C5H9FN/c1-2-7-3-5(6)4-7/h2-4H2,1H3. The van der Waals surface area contributed by atoms with Gasteiger partial charge >= 0.3 is 0 Å². The van der Waals surface area contributed by atoms with E-state index >= 15 is 0 Å². The first-order chi connectivity index (χ1) is 3.33. The third kappa shape index (κ3) is 0.911.